The summed E-state index contributed by atoms with van der Waals surface area (Å²) in [6.07, 6.45) is 0. The minimum atomic E-state index is -0.930. The van der Waals surface area contributed by atoms with Crippen molar-refractivity contribution in [1.29, 1.82) is 0 Å². The standard InChI is InChI=1S/C29H28ClNO5/c1-17(2)16-36-21-9-7-8-19(14-21)27(32)25-26(22-10-5-6-11-24(22)35-4)31(29(34)28(25)33)20-13-12-18(3)23(30)15-20/h5-15,17,26,32H,16H2,1-4H3/b27-25+. The van der Waals surface area contributed by atoms with Gasteiger partial charge in [0, 0.05) is 21.8 Å². The van der Waals surface area contributed by atoms with Crippen LogP contribution in [0.1, 0.15) is 36.6 Å². The molecule has 1 saturated heterocycles. The molecule has 7 heteroatoms. The zero-order valence-corrected chi connectivity index (χ0v) is 21.4. The van der Waals surface area contributed by atoms with Gasteiger partial charge in [0.2, 0.25) is 0 Å². The van der Waals surface area contributed by atoms with Crippen LogP contribution in [0.2, 0.25) is 5.02 Å². The fraction of sp³-hybridized carbons (Fsp3) is 0.241. The summed E-state index contributed by atoms with van der Waals surface area (Å²) < 4.78 is 11.4. The summed E-state index contributed by atoms with van der Waals surface area (Å²) in [5.41, 5.74) is 2.17. The maximum absolute atomic E-state index is 13.4. The van der Waals surface area contributed by atoms with E-state index in [1.807, 2.05) is 20.8 Å². The molecule has 3 aromatic rings. The first-order chi connectivity index (χ1) is 17.2. The van der Waals surface area contributed by atoms with E-state index in [2.05, 4.69) is 0 Å². The van der Waals surface area contributed by atoms with Gasteiger partial charge in [0.15, 0.2) is 0 Å². The quantitative estimate of drug-likeness (QED) is 0.231. The molecular weight excluding hydrogens is 478 g/mol. The van der Waals surface area contributed by atoms with Crippen molar-refractivity contribution < 1.29 is 24.2 Å². The van der Waals surface area contributed by atoms with Gasteiger partial charge in [-0.2, -0.15) is 0 Å². The Morgan fingerprint density at radius 2 is 1.81 bits per heavy atom. The number of methoxy groups -OCH3 is 1. The van der Waals surface area contributed by atoms with Gasteiger partial charge in [-0.3, -0.25) is 14.5 Å². The van der Waals surface area contributed by atoms with Crippen LogP contribution in [0, 0.1) is 12.8 Å². The number of rotatable bonds is 7. The molecule has 1 aliphatic heterocycles. The third-order valence-electron chi connectivity index (χ3n) is 6.00. The van der Waals surface area contributed by atoms with Crippen molar-refractivity contribution in [2.45, 2.75) is 26.8 Å². The Morgan fingerprint density at radius 3 is 2.50 bits per heavy atom. The number of carbonyl (C=O) groups excluding carboxylic acids is 2. The summed E-state index contributed by atoms with van der Waals surface area (Å²) in [6.45, 7) is 6.43. The number of ketones is 1. The summed E-state index contributed by atoms with van der Waals surface area (Å²) >= 11 is 6.37. The molecule has 1 atom stereocenters. The average Bonchev–Trinajstić information content (AvgIpc) is 3.14. The second kappa shape index (κ2) is 10.5. The molecule has 1 fully saturated rings. The number of amides is 1. The maximum atomic E-state index is 13.4. The number of ether oxygens (including phenoxy) is 2. The average molecular weight is 506 g/mol. The second-order valence-corrected chi connectivity index (χ2v) is 9.48. The molecule has 1 amide bonds. The van der Waals surface area contributed by atoms with Crippen molar-refractivity contribution in [3.63, 3.8) is 0 Å². The number of nitrogens with zero attached hydrogens (tertiary/aromatic N) is 1. The molecule has 1 unspecified atom stereocenters. The first-order valence-corrected chi connectivity index (χ1v) is 12.0. The number of aliphatic hydroxyl groups is 1. The van der Waals surface area contributed by atoms with Crippen molar-refractivity contribution in [2.24, 2.45) is 5.92 Å². The fourth-order valence-corrected chi connectivity index (χ4v) is 4.34. The van der Waals surface area contributed by atoms with Gasteiger partial charge in [0.05, 0.1) is 25.3 Å². The van der Waals surface area contributed by atoms with Crippen molar-refractivity contribution in [2.75, 3.05) is 18.6 Å². The zero-order valence-electron chi connectivity index (χ0n) is 20.6. The van der Waals surface area contributed by atoms with Crippen molar-refractivity contribution in [1.82, 2.24) is 0 Å². The number of para-hydroxylation sites is 1. The van der Waals surface area contributed by atoms with Crippen LogP contribution in [0.25, 0.3) is 5.76 Å². The van der Waals surface area contributed by atoms with Gasteiger partial charge in [0.1, 0.15) is 17.3 Å². The molecular formula is C29H28ClNO5. The van der Waals surface area contributed by atoms with E-state index in [4.69, 9.17) is 21.1 Å². The summed E-state index contributed by atoms with van der Waals surface area (Å²) in [5.74, 6) is -0.499. The first-order valence-electron chi connectivity index (χ1n) is 11.7. The second-order valence-electron chi connectivity index (χ2n) is 9.08. The molecule has 4 rings (SSSR count). The molecule has 186 valence electrons. The molecule has 0 radical (unpaired) electrons. The summed E-state index contributed by atoms with van der Waals surface area (Å²) in [5, 5.41) is 11.9. The van der Waals surface area contributed by atoms with E-state index in [9.17, 15) is 14.7 Å². The number of Topliss-reactive ketones (excluding diaryl/α,β-unsaturated/α-hetero) is 1. The van der Waals surface area contributed by atoms with Crippen LogP contribution in [0.15, 0.2) is 72.3 Å². The lowest BCUT2D eigenvalue weighted by molar-refractivity contribution is -0.132. The van der Waals surface area contributed by atoms with Crippen LogP contribution < -0.4 is 14.4 Å². The highest BCUT2D eigenvalue weighted by Crippen LogP contribution is 2.45. The zero-order chi connectivity index (χ0) is 26.0. The highest BCUT2D eigenvalue weighted by Gasteiger charge is 2.48. The van der Waals surface area contributed by atoms with Crippen LogP contribution in [0.3, 0.4) is 0 Å². The molecule has 0 aliphatic carbocycles. The number of hydrogen-bond donors (Lipinski definition) is 1. The van der Waals surface area contributed by atoms with Crippen molar-refractivity contribution in [3.8, 4) is 11.5 Å². The molecule has 36 heavy (non-hydrogen) atoms. The highest BCUT2D eigenvalue weighted by molar-refractivity contribution is 6.52. The molecule has 0 aromatic heterocycles. The van der Waals surface area contributed by atoms with Crippen LogP contribution in [0.5, 0.6) is 11.5 Å². The molecule has 0 spiro atoms. The first kappa shape index (κ1) is 25.3. The van der Waals surface area contributed by atoms with Gasteiger partial charge in [-0.1, -0.05) is 61.8 Å². The van der Waals surface area contributed by atoms with Crippen LogP contribution >= 0.6 is 11.6 Å². The van der Waals surface area contributed by atoms with Crippen LogP contribution in [0.4, 0.5) is 5.69 Å². The predicted molar refractivity (Wildman–Crippen MR) is 141 cm³/mol. The topological polar surface area (TPSA) is 76.1 Å². The van der Waals surface area contributed by atoms with E-state index in [0.717, 1.165) is 5.56 Å². The molecule has 1 N–H and O–H groups in total. The molecule has 3 aromatic carbocycles. The fourth-order valence-electron chi connectivity index (χ4n) is 4.17. The molecule has 0 bridgehead atoms. The van der Waals surface area contributed by atoms with E-state index in [-0.39, 0.29) is 11.3 Å². The Hall–Kier alpha value is -3.77. The molecule has 1 heterocycles. The van der Waals surface area contributed by atoms with Crippen molar-refractivity contribution in [3.05, 3.63) is 94.0 Å². The van der Waals surface area contributed by atoms with E-state index < -0.39 is 17.7 Å². The lowest BCUT2D eigenvalue weighted by Crippen LogP contribution is -2.29. The minimum Gasteiger partial charge on any atom is -0.507 e. The van der Waals surface area contributed by atoms with Gasteiger partial charge in [-0.15, -0.1) is 0 Å². The monoisotopic (exact) mass is 505 g/mol. The number of hydrogen-bond acceptors (Lipinski definition) is 5. The Morgan fingerprint density at radius 1 is 1.06 bits per heavy atom. The summed E-state index contributed by atoms with van der Waals surface area (Å²) in [7, 11) is 1.52. The highest BCUT2D eigenvalue weighted by atomic mass is 35.5. The Bertz CT molecular complexity index is 1350. The van der Waals surface area contributed by atoms with E-state index in [1.54, 1.807) is 66.7 Å². The van der Waals surface area contributed by atoms with Gasteiger partial charge in [0.25, 0.3) is 11.7 Å². The van der Waals surface area contributed by atoms with E-state index in [0.29, 0.717) is 45.9 Å². The van der Waals surface area contributed by atoms with Crippen molar-refractivity contribution >= 4 is 34.7 Å². The number of aliphatic hydroxyl groups excluding tert-OH is 1. The Balaban J connectivity index is 1.91. The number of benzene rings is 3. The van der Waals surface area contributed by atoms with E-state index in [1.165, 1.54) is 12.0 Å². The van der Waals surface area contributed by atoms with Gasteiger partial charge in [-0.05, 0) is 48.7 Å². The third-order valence-corrected chi connectivity index (χ3v) is 6.41. The molecule has 6 nitrogen and oxygen atoms in total. The Kier molecular flexibility index (Phi) is 7.36. The summed E-state index contributed by atoms with van der Waals surface area (Å²) in [6, 6.07) is 18.2. The number of halogens is 1. The summed E-state index contributed by atoms with van der Waals surface area (Å²) in [4.78, 5) is 28.2. The minimum absolute atomic E-state index is 0.0396. The lowest BCUT2D eigenvalue weighted by Gasteiger charge is -2.27. The van der Waals surface area contributed by atoms with E-state index >= 15 is 0 Å². The smallest absolute Gasteiger partial charge is 0.300 e. The SMILES string of the molecule is COc1ccccc1C1/C(=C(\O)c2cccc(OCC(C)C)c2)C(=O)C(=O)N1c1ccc(C)c(Cl)c1. The van der Waals surface area contributed by atoms with Gasteiger partial charge in [-0.25, -0.2) is 0 Å². The number of anilines is 1. The van der Waals surface area contributed by atoms with Crippen LogP contribution in [-0.4, -0.2) is 30.5 Å². The Labute approximate surface area is 215 Å². The predicted octanol–water partition coefficient (Wildman–Crippen LogP) is 6.32. The molecule has 0 saturated carbocycles. The van der Waals surface area contributed by atoms with Crippen LogP contribution in [-0.2, 0) is 9.59 Å². The molecule has 1 aliphatic rings. The third kappa shape index (κ3) is 4.82. The number of aryl methyl sites for hydroxylation is 1. The van der Waals surface area contributed by atoms with Gasteiger partial charge >= 0.3 is 0 Å². The number of carbonyl (C=O) groups is 2. The normalized spacial score (nSPS) is 17.1. The lowest BCUT2D eigenvalue weighted by atomic mass is 9.94. The van der Waals surface area contributed by atoms with Gasteiger partial charge < -0.3 is 14.6 Å². The maximum Gasteiger partial charge on any atom is 0.300 e. The largest absolute Gasteiger partial charge is 0.507 e.